The highest BCUT2D eigenvalue weighted by Gasteiger charge is 2.02. The van der Waals surface area contributed by atoms with Crippen LogP contribution in [-0.4, -0.2) is 7.11 Å². The predicted molar refractivity (Wildman–Crippen MR) is 74.4 cm³/mol. The third kappa shape index (κ3) is 3.01. The van der Waals surface area contributed by atoms with E-state index >= 15 is 0 Å². The van der Waals surface area contributed by atoms with Crippen molar-refractivity contribution >= 4 is 21.6 Å². The molecule has 2 N–H and O–H groups in total. The summed E-state index contributed by atoms with van der Waals surface area (Å²) in [6, 6.07) is 14.0. The number of rotatable bonds is 3. The zero-order valence-corrected chi connectivity index (χ0v) is 11.2. The van der Waals surface area contributed by atoms with Crippen LogP contribution in [0.3, 0.4) is 0 Å². The molecule has 3 heteroatoms. The van der Waals surface area contributed by atoms with Crippen molar-refractivity contribution in [3.63, 3.8) is 0 Å². The highest BCUT2D eigenvalue weighted by atomic mass is 79.9. The van der Waals surface area contributed by atoms with Crippen LogP contribution in [0, 0.1) is 0 Å². The maximum atomic E-state index is 5.76. The summed E-state index contributed by atoms with van der Waals surface area (Å²) in [5.74, 6) is 0.848. The van der Waals surface area contributed by atoms with Gasteiger partial charge in [0.05, 0.1) is 11.6 Å². The minimum atomic E-state index is 0.801. The third-order valence-electron chi connectivity index (χ3n) is 2.58. The van der Waals surface area contributed by atoms with Crippen LogP contribution in [0.25, 0.3) is 0 Å². The van der Waals surface area contributed by atoms with Gasteiger partial charge in [0.25, 0.3) is 0 Å². The highest BCUT2D eigenvalue weighted by molar-refractivity contribution is 9.10. The molecule has 0 bridgehead atoms. The van der Waals surface area contributed by atoms with E-state index in [4.69, 9.17) is 10.5 Å². The third-order valence-corrected chi connectivity index (χ3v) is 3.20. The molecule has 0 radical (unpaired) electrons. The molecule has 0 amide bonds. The number of ether oxygens (including phenoxy) is 1. The Balaban J connectivity index is 2.22. The number of nitrogen functional groups attached to an aromatic ring is 1. The van der Waals surface area contributed by atoms with Crippen LogP contribution in [0.1, 0.15) is 11.1 Å². The summed E-state index contributed by atoms with van der Waals surface area (Å²) in [5, 5.41) is 0. The van der Waals surface area contributed by atoms with E-state index in [1.54, 1.807) is 7.11 Å². The number of halogens is 1. The van der Waals surface area contributed by atoms with E-state index in [0.29, 0.717) is 0 Å². The quantitative estimate of drug-likeness (QED) is 0.877. The summed E-state index contributed by atoms with van der Waals surface area (Å²) < 4.78 is 6.18. The SMILES string of the molecule is COc1ccc(Cc2cccc(N)c2)cc1Br. The van der Waals surface area contributed by atoms with Gasteiger partial charge in [0.2, 0.25) is 0 Å². The fourth-order valence-electron chi connectivity index (χ4n) is 1.76. The predicted octanol–water partition coefficient (Wildman–Crippen LogP) is 3.63. The monoisotopic (exact) mass is 291 g/mol. The summed E-state index contributed by atoms with van der Waals surface area (Å²) >= 11 is 3.49. The van der Waals surface area contributed by atoms with Gasteiger partial charge in [-0.15, -0.1) is 0 Å². The molecule has 0 saturated carbocycles. The van der Waals surface area contributed by atoms with Crippen LogP contribution in [0.15, 0.2) is 46.9 Å². The fraction of sp³-hybridized carbons (Fsp3) is 0.143. The van der Waals surface area contributed by atoms with E-state index in [9.17, 15) is 0 Å². The number of nitrogens with two attached hydrogens (primary N) is 1. The molecule has 2 rings (SSSR count). The van der Waals surface area contributed by atoms with E-state index in [1.165, 1.54) is 11.1 Å². The normalized spacial score (nSPS) is 10.2. The van der Waals surface area contributed by atoms with Gasteiger partial charge in [-0.25, -0.2) is 0 Å². The summed E-state index contributed by atoms with van der Waals surface area (Å²) in [5.41, 5.74) is 9.00. The van der Waals surface area contributed by atoms with E-state index in [1.807, 2.05) is 24.3 Å². The van der Waals surface area contributed by atoms with Gasteiger partial charge in [-0.2, -0.15) is 0 Å². The van der Waals surface area contributed by atoms with E-state index < -0.39 is 0 Å². The van der Waals surface area contributed by atoms with Crippen molar-refractivity contribution in [2.75, 3.05) is 12.8 Å². The number of methoxy groups -OCH3 is 1. The summed E-state index contributed by atoms with van der Waals surface area (Å²) in [6.07, 6.45) is 0.869. The first-order valence-corrected chi connectivity index (χ1v) is 6.15. The first-order valence-electron chi connectivity index (χ1n) is 5.36. The van der Waals surface area contributed by atoms with Crippen molar-refractivity contribution in [2.45, 2.75) is 6.42 Å². The molecule has 0 aliphatic carbocycles. The van der Waals surface area contributed by atoms with Crippen molar-refractivity contribution in [3.05, 3.63) is 58.1 Å². The van der Waals surface area contributed by atoms with Gasteiger partial charge < -0.3 is 10.5 Å². The lowest BCUT2D eigenvalue weighted by atomic mass is 10.0. The Morgan fingerprint density at radius 3 is 2.53 bits per heavy atom. The Labute approximate surface area is 110 Å². The van der Waals surface area contributed by atoms with E-state index in [0.717, 1.165) is 22.3 Å². The summed E-state index contributed by atoms with van der Waals surface area (Å²) in [7, 11) is 1.66. The summed E-state index contributed by atoms with van der Waals surface area (Å²) in [6.45, 7) is 0. The number of hydrogen-bond acceptors (Lipinski definition) is 2. The molecule has 88 valence electrons. The second-order valence-corrected chi connectivity index (χ2v) is 4.75. The standard InChI is InChI=1S/C14H14BrNO/c1-17-14-6-5-11(9-13(14)15)7-10-3-2-4-12(16)8-10/h2-6,8-9H,7,16H2,1H3. The van der Waals surface area contributed by atoms with Gasteiger partial charge in [-0.3, -0.25) is 0 Å². The average molecular weight is 292 g/mol. The first kappa shape index (κ1) is 12.0. The van der Waals surface area contributed by atoms with Crippen LogP contribution in [0.4, 0.5) is 5.69 Å². The van der Waals surface area contributed by atoms with Crippen LogP contribution in [0.5, 0.6) is 5.75 Å². The minimum absolute atomic E-state index is 0.801. The molecule has 0 atom stereocenters. The van der Waals surface area contributed by atoms with Crippen LogP contribution in [0.2, 0.25) is 0 Å². The van der Waals surface area contributed by atoms with Crippen molar-refractivity contribution < 1.29 is 4.74 Å². The number of hydrogen-bond donors (Lipinski definition) is 1. The molecular weight excluding hydrogens is 278 g/mol. The lowest BCUT2D eigenvalue weighted by Gasteiger charge is -2.07. The average Bonchev–Trinajstić information content (AvgIpc) is 2.29. The van der Waals surface area contributed by atoms with Crippen LogP contribution in [-0.2, 0) is 6.42 Å². The van der Waals surface area contributed by atoms with Crippen molar-refractivity contribution in [3.8, 4) is 5.75 Å². The van der Waals surface area contributed by atoms with Gasteiger partial charge in [0.1, 0.15) is 5.75 Å². The smallest absolute Gasteiger partial charge is 0.133 e. The van der Waals surface area contributed by atoms with Crippen LogP contribution < -0.4 is 10.5 Å². The topological polar surface area (TPSA) is 35.2 Å². The molecular formula is C14H14BrNO. The molecule has 0 unspecified atom stereocenters. The molecule has 2 aromatic carbocycles. The molecule has 0 aromatic heterocycles. The molecule has 2 aromatic rings. The minimum Gasteiger partial charge on any atom is -0.496 e. The Morgan fingerprint density at radius 2 is 1.88 bits per heavy atom. The highest BCUT2D eigenvalue weighted by Crippen LogP contribution is 2.26. The van der Waals surface area contributed by atoms with Gasteiger partial charge in [0.15, 0.2) is 0 Å². The van der Waals surface area contributed by atoms with Crippen molar-refractivity contribution in [2.24, 2.45) is 0 Å². The second kappa shape index (κ2) is 5.23. The molecule has 0 heterocycles. The number of anilines is 1. The molecule has 17 heavy (non-hydrogen) atoms. The Bertz CT molecular complexity index is 525. The lowest BCUT2D eigenvalue weighted by Crippen LogP contribution is -1.92. The van der Waals surface area contributed by atoms with E-state index in [-0.39, 0.29) is 0 Å². The Kier molecular flexibility index (Phi) is 3.69. The van der Waals surface area contributed by atoms with E-state index in [2.05, 4.69) is 34.1 Å². The van der Waals surface area contributed by atoms with Crippen molar-refractivity contribution in [1.29, 1.82) is 0 Å². The lowest BCUT2D eigenvalue weighted by molar-refractivity contribution is 0.412. The zero-order valence-electron chi connectivity index (χ0n) is 9.61. The fourth-order valence-corrected chi connectivity index (χ4v) is 2.35. The molecule has 0 spiro atoms. The van der Waals surface area contributed by atoms with Gasteiger partial charge in [0, 0.05) is 5.69 Å². The maximum Gasteiger partial charge on any atom is 0.133 e. The first-order chi connectivity index (χ1) is 8.19. The maximum absolute atomic E-state index is 5.76. The molecule has 0 saturated heterocycles. The summed E-state index contributed by atoms with van der Waals surface area (Å²) in [4.78, 5) is 0. The number of benzene rings is 2. The largest absolute Gasteiger partial charge is 0.496 e. The second-order valence-electron chi connectivity index (χ2n) is 3.89. The molecule has 0 fully saturated rings. The van der Waals surface area contributed by atoms with Crippen molar-refractivity contribution in [1.82, 2.24) is 0 Å². The van der Waals surface area contributed by atoms with Gasteiger partial charge >= 0.3 is 0 Å². The van der Waals surface area contributed by atoms with Gasteiger partial charge in [-0.05, 0) is 57.7 Å². The van der Waals surface area contributed by atoms with Gasteiger partial charge in [-0.1, -0.05) is 18.2 Å². The molecule has 0 aliphatic rings. The van der Waals surface area contributed by atoms with Crippen LogP contribution >= 0.6 is 15.9 Å². The molecule has 0 aliphatic heterocycles. The molecule has 2 nitrogen and oxygen atoms in total. The Hall–Kier alpha value is -1.48. The zero-order chi connectivity index (χ0) is 12.3. The Morgan fingerprint density at radius 1 is 1.12 bits per heavy atom.